The summed E-state index contributed by atoms with van der Waals surface area (Å²) < 4.78 is 35.5. The van der Waals surface area contributed by atoms with Gasteiger partial charge in [-0.3, -0.25) is 4.57 Å². The van der Waals surface area contributed by atoms with Gasteiger partial charge in [0.2, 0.25) is 0 Å². The Morgan fingerprint density at radius 3 is 2.36 bits per heavy atom. The van der Waals surface area contributed by atoms with Gasteiger partial charge in [-0.15, -0.1) is 0 Å². The number of aromatic nitrogens is 5. The van der Waals surface area contributed by atoms with Gasteiger partial charge in [0, 0.05) is 11.6 Å². The molecule has 2 aromatic heterocycles. The molecule has 0 aliphatic heterocycles. The van der Waals surface area contributed by atoms with Crippen molar-refractivity contribution in [3.8, 4) is 17.2 Å². The number of ether oxygens (including phenoxy) is 1. The molecule has 4 aromatic rings. The first-order valence-corrected chi connectivity index (χ1v) is 8.24. The smallest absolute Gasteiger partial charge is 0.350 e. The van der Waals surface area contributed by atoms with Crippen molar-refractivity contribution >= 4 is 0 Å². The Bertz CT molecular complexity index is 1140. The van der Waals surface area contributed by atoms with Gasteiger partial charge in [-0.1, -0.05) is 6.07 Å². The van der Waals surface area contributed by atoms with Gasteiger partial charge >= 0.3 is 5.69 Å². The summed E-state index contributed by atoms with van der Waals surface area (Å²) in [5.74, 6) is -0.368. The second-order valence-corrected chi connectivity index (χ2v) is 5.83. The van der Waals surface area contributed by atoms with Gasteiger partial charge in [-0.05, 0) is 36.4 Å². The van der Waals surface area contributed by atoms with Crippen molar-refractivity contribution in [2.45, 2.75) is 6.54 Å². The fourth-order valence-corrected chi connectivity index (χ4v) is 2.60. The van der Waals surface area contributed by atoms with Crippen molar-refractivity contribution in [2.24, 2.45) is 0 Å². The van der Waals surface area contributed by atoms with E-state index in [1.54, 1.807) is 30.3 Å². The lowest BCUT2D eigenvalue weighted by Gasteiger charge is -2.06. The molecule has 0 bridgehead atoms. The first-order valence-electron chi connectivity index (χ1n) is 8.24. The third-order valence-corrected chi connectivity index (χ3v) is 4.00. The van der Waals surface area contributed by atoms with Crippen molar-refractivity contribution in [2.75, 3.05) is 0 Å². The Balaban J connectivity index is 1.56. The number of halogens is 2. The molecule has 0 saturated heterocycles. The summed E-state index contributed by atoms with van der Waals surface area (Å²) in [6.45, 7) is -0.256. The highest BCUT2D eigenvalue weighted by atomic mass is 19.1. The van der Waals surface area contributed by atoms with E-state index in [0.29, 0.717) is 17.2 Å². The Labute approximate surface area is 157 Å². The van der Waals surface area contributed by atoms with E-state index in [4.69, 9.17) is 4.74 Å². The molecule has 0 fully saturated rings. The summed E-state index contributed by atoms with van der Waals surface area (Å²) in [7, 11) is 0. The lowest BCUT2D eigenvalue weighted by Crippen LogP contribution is -2.24. The zero-order valence-electron chi connectivity index (χ0n) is 14.4. The largest absolute Gasteiger partial charge is 0.456 e. The monoisotopic (exact) mass is 381 g/mol. The maximum Gasteiger partial charge on any atom is 0.350 e. The molecule has 7 nitrogen and oxygen atoms in total. The van der Waals surface area contributed by atoms with Crippen molar-refractivity contribution in [3.05, 3.63) is 94.9 Å². The molecule has 28 heavy (non-hydrogen) atoms. The Morgan fingerprint density at radius 2 is 1.68 bits per heavy atom. The van der Waals surface area contributed by atoms with E-state index in [9.17, 15) is 13.6 Å². The molecule has 0 spiro atoms. The number of nitrogens with zero attached hydrogens (tertiary/aromatic N) is 5. The Kier molecular flexibility index (Phi) is 4.63. The fourth-order valence-electron chi connectivity index (χ4n) is 2.60. The molecule has 0 amide bonds. The van der Waals surface area contributed by atoms with Crippen LogP contribution in [0.4, 0.5) is 8.78 Å². The molecule has 0 unspecified atom stereocenters. The summed E-state index contributed by atoms with van der Waals surface area (Å²) in [4.78, 5) is 12.5. The van der Waals surface area contributed by atoms with Gasteiger partial charge in [0.15, 0.2) is 0 Å². The first kappa shape index (κ1) is 17.5. The highest BCUT2D eigenvalue weighted by Crippen LogP contribution is 2.21. The molecule has 0 aliphatic carbocycles. The number of hydrogen-bond donors (Lipinski definition) is 0. The molecule has 4 rings (SSSR count). The number of rotatable bonds is 5. The van der Waals surface area contributed by atoms with Gasteiger partial charge in [0.25, 0.3) is 0 Å². The normalized spacial score (nSPS) is 10.8. The number of hydrogen-bond acceptors (Lipinski definition) is 5. The van der Waals surface area contributed by atoms with E-state index >= 15 is 0 Å². The van der Waals surface area contributed by atoms with Gasteiger partial charge < -0.3 is 4.74 Å². The van der Waals surface area contributed by atoms with E-state index in [2.05, 4.69) is 15.3 Å². The summed E-state index contributed by atoms with van der Waals surface area (Å²) in [6, 6.07) is 11.8. The fraction of sp³-hybridized carbons (Fsp3) is 0.0526. The highest BCUT2D eigenvalue weighted by molar-refractivity contribution is 5.38. The van der Waals surface area contributed by atoms with Crippen molar-refractivity contribution in [3.63, 3.8) is 0 Å². The first-order chi connectivity index (χ1) is 13.6. The van der Waals surface area contributed by atoms with Crippen LogP contribution in [-0.2, 0) is 6.54 Å². The summed E-state index contributed by atoms with van der Waals surface area (Å²) in [6.07, 6.45) is 4.22. The van der Waals surface area contributed by atoms with Crippen LogP contribution in [0, 0.1) is 11.6 Å². The van der Waals surface area contributed by atoms with Crippen LogP contribution < -0.4 is 10.4 Å². The molecule has 9 heteroatoms. The molecular weight excluding hydrogens is 368 g/mol. The van der Waals surface area contributed by atoms with Crippen LogP contribution in [0.2, 0.25) is 0 Å². The molecule has 140 valence electrons. The van der Waals surface area contributed by atoms with Crippen LogP contribution in [0.25, 0.3) is 5.69 Å². The lowest BCUT2D eigenvalue weighted by atomic mass is 10.2. The third-order valence-electron chi connectivity index (χ3n) is 4.00. The van der Waals surface area contributed by atoms with Crippen molar-refractivity contribution in [1.82, 2.24) is 24.5 Å². The molecule has 2 aromatic carbocycles. The second-order valence-electron chi connectivity index (χ2n) is 5.83. The second kappa shape index (κ2) is 7.39. The zero-order valence-corrected chi connectivity index (χ0v) is 14.4. The molecule has 0 radical (unpaired) electrons. The average molecular weight is 381 g/mol. The molecular formula is C19H13F2N5O2. The summed E-state index contributed by atoms with van der Waals surface area (Å²) >= 11 is 0. The summed E-state index contributed by atoms with van der Waals surface area (Å²) in [5, 5.41) is 11.4. The van der Waals surface area contributed by atoms with E-state index in [0.717, 1.165) is 21.4 Å². The van der Waals surface area contributed by atoms with Crippen LogP contribution >= 0.6 is 0 Å². The van der Waals surface area contributed by atoms with E-state index in [1.807, 2.05) is 0 Å². The highest BCUT2D eigenvalue weighted by Gasteiger charge is 2.13. The Hall–Kier alpha value is -3.88. The van der Waals surface area contributed by atoms with Crippen LogP contribution in [0.1, 0.15) is 5.56 Å². The topological polar surface area (TPSA) is 74.8 Å². The van der Waals surface area contributed by atoms with Crippen LogP contribution in [0.5, 0.6) is 11.5 Å². The quantitative estimate of drug-likeness (QED) is 0.531. The van der Waals surface area contributed by atoms with Gasteiger partial charge in [-0.25, -0.2) is 13.6 Å². The average Bonchev–Trinajstić information content (AvgIpc) is 3.07. The van der Waals surface area contributed by atoms with E-state index < -0.39 is 17.3 Å². The van der Waals surface area contributed by atoms with Gasteiger partial charge in [0.05, 0.1) is 24.6 Å². The zero-order chi connectivity index (χ0) is 19.5. The standard InChI is InChI=1S/C19H13F2N5O2/c20-17-2-1-3-18(21)16(17)11-25-12-24-26(19(25)27)13-4-6-14(7-5-13)28-15-8-9-22-23-10-15/h1-10,12H,11H2. The lowest BCUT2D eigenvalue weighted by molar-refractivity contribution is 0.478. The minimum Gasteiger partial charge on any atom is -0.456 e. The molecule has 0 saturated carbocycles. The summed E-state index contributed by atoms with van der Waals surface area (Å²) in [5.41, 5.74) is -0.230. The predicted octanol–water partition coefficient (Wildman–Crippen LogP) is 2.94. The molecule has 0 N–H and O–H groups in total. The van der Waals surface area contributed by atoms with Gasteiger partial charge in [0.1, 0.15) is 29.5 Å². The Morgan fingerprint density at radius 1 is 0.929 bits per heavy atom. The maximum atomic E-state index is 13.8. The van der Waals surface area contributed by atoms with E-state index in [1.165, 1.54) is 24.8 Å². The van der Waals surface area contributed by atoms with Crippen LogP contribution in [-0.4, -0.2) is 24.5 Å². The molecule has 2 heterocycles. The number of benzene rings is 2. The van der Waals surface area contributed by atoms with E-state index in [-0.39, 0.29) is 12.1 Å². The van der Waals surface area contributed by atoms with Gasteiger partial charge in [-0.2, -0.15) is 20.0 Å². The predicted molar refractivity (Wildman–Crippen MR) is 95.4 cm³/mol. The van der Waals surface area contributed by atoms with Crippen LogP contribution in [0.15, 0.2) is 72.0 Å². The maximum absolute atomic E-state index is 13.8. The SMILES string of the molecule is O=c1n(Cc2c(F)cccc2F)cnn1-c1ccc(Oc2ccnnc2)cc1. The minimum absolute atomic E-state index is 0.196. The van der Waals surface area contributed by atoms with Crippen molar-refractivity contribution < 1.29 is 13.5 Å². The third kappa shape index (κ3) is 3.50. The molecule has 0 atom stereocenters. The minimum atomic E-state index is -0.716. The van der Waals surface area contributed by atoms with Crippen molar-refractivity contribution in [1.29, 1.82) is 0 Å². The van der Waals surface area contributed by atoms with Crippen LogP contribution in [0.3, 0.4) is 0 Å². The molecule has 0 aliphatic rings.